The second-order valence-corrected chi connectivity index (χ2v) is 7.38. The largest absolute Gasteiger partial charge is 0.493 e. The van der Waals surface area contributed by atoms with Crippen molar-refractivity contribution in [2.24, 2.45) is 0 Å². The molecule has 0 saturated carbocycles. The number of fused-ring (bicyclic) bond motifs is 2. The molecule has 0 atom stereocenters. The molecule has 0 N–H and O–H groups in total. The maximum atomic E-state index is 12.9. The second-order valence-electron chi connectivity index (χ2n) is 6.32. The predicted octanol–water partition coefficient (Wildman–Crippen LogP) is 3.96. The molecular formula is C20H21BO4S. The van der Waals surface area contributed by atoms with Gasteiger partial charge < -0.3 is 9.47 Å². The first-order valence-corrected chi connectivity index (χ1v) is 9.52. The summed E-state index contributed by atoms with van der Waals surface area (Å²) in [6.45, 7) is 5.00. The fraction of sp³-hybridized carbons (Fsp3) is 0.300. The molecule has 1 aromatic heterocycles. The summed E-state index contributed by atoms with van der Waals surface area (Å²) in [5.41, 5.74) is 2.20. The van der Waals surface area contributed by atoms with Crippen LogP contribution in [0, 0.1) is 13.8 Å². The highest BCUT2D eigenvalue weighted by Gasteiger charge is 2.13. The summed E-state index contributed by atoms with van der Waals surface area (Å²) < 4.78 is 12.9. The second kappa shape index (κ2) is 7.91. The van der Waals surface area contributed by atoms with Crippen LogP contribution in [0.1, 0.15) is 24.0 Å². The van der Waals surface area contributed by atoms with E-state index >= 15 is 0 Å². The number of ether oxygens (including phenoxy) is 2. The van der Waals surface area contributed by atoms with Crippen LogP contribution in [0.3, 0.4) is 0 Å². The topological polar surface area (TPSA) is 52.6 Å². The van der Waals surface area contributed by atoms with Gasteiger partial charge in [-0.3, -0.25) is 9.59 Å². The van der Waals surface area contributed by atoms with Gasteiger partial charge in [0.1, 0.15) is 5.75 Å². The van der Waals surface area contributed by atoms with Gasteiger partial charge in [-0.25, -0.2) is 0 Å². The van der Waals surface area contributed by atoms with Crippen LogP contribution in [-0.2, 0) is 4.74 Å². The molecule has 0 saturated heterocycles. The minimum Gasteiger partial charge on any atom is -0.493 e. The third-order valence-corrected chi connectivity index (χ3v) is 5.79. The molecule has 0 radical (unpaired) electrons. The minimum absolute atomic E-state index is 0.0529. The Kier molecular flexibility index (Phi) is 5.62. The number of unbranched alkanes of at least 4 members (excludes halogenated alkanes) is 1. The fourth-order valence-electron chi connectivity index (χ4n) is 2.91. The van der Waals surface area contributed by atoms with Crippen LogP contribution in [0.4, 0.5) is 4.79 Å². The Morgan fingerprint density at radius 1 is 1.08 bits per heavy atom. The Labute approximate surface area is 157 Å². The summed E-state index contributed by atoms with van der Waals surface area (Å²) in [6.07, 6.45) is 1.54. The molecule has 6 heteroatoms. The maximum absolute atomic E-state index is 12.9. The van der Waals surface area contributed by atoms with E-state index in [0.29, 0.717) is 18.6 Å². The van der Waals surface area contributed by atoms with Crippen LogP contribution in [0.15, 0.2) is 35.1 Å². The van der Waals surface area contributed by atoms with Gasteiger partial charge >= 0.3 is 0 Å². The zero-order valence-electron chi connectivity index (χ0n) is 15.3. The van der Waals surface area contributed by atoms with Crippen LogP contribution in [0.25, 0.3) is 20.2 Å². The quantitative estimate of drug-likeness (QED) is 0.375. The summed E-state index contributed by atoms with van der Waals surface area (Å²) in [5.74, 6) is 0.491. The van der Waals surface area contributed by atoms with E-state index in [1.54, 1.807) is 11.3 Å². The van der Waals surface area contributed by atoms with Crippen LogP contribution in [-0.4, -0.2) is 26.9 Å². The summed E-state index contributed by atoms with van der Waals surface area (Å²) in [6, 6.07) is 9.58. The third kappa shape index (κ3) is 3.75. The average molecular weight is 368 g/mol. The first kappa shape index (κ1) is 18.5. The van der Waals surface area contributed by atoms with Crippen LogP contribution in [0.2, 0.25) is 0 Å². The Morgan fingerprint density at radius 3 is 2.58 bits per heavy atom. The lowest BCUT2D eigenvalue weighted by Crippen LogP contribution is -2.07. The van der Waals surface area contributed by atoms with Crippen LogP contribution in [0.5, 0.6) is 5.75 Å². The first-order valence-electron chi connectivity index (χ1n) is 8.71. The average Bonchev–Trinajstić information content (AvgIpc) is 2.62. The molecule has 134 valence electrons. The highest BCUT2D eigenvalue weighted by molar-refractivity contribution is 7.24. The number of rotatable bonds is 6. The monoisotopic (exact) mass is 368 g/mol. The van der Waals surface area contributed by atoms with Crippen molar-refractivity contribution in [3.8, 4) is 5.75 Å². The van der Waals surface area contributed by atoms with Crippen molar-refractivity contribution in [3.05, 3.63) is 51.7 Å². The van der Waals surface area contributed by atoms with Crippen molar-refractivity contribution in [2.75, 3.05) is 13.2 Å². The van der Waals surface area contributed by atoms with Crippen LogP contribution < -0.4 is 10.2 Å². The fourth-order valence-corrected chi connectivity index (χ4v) is 4.12. The van der Waals surface area contributed by atoms with Crippen molar-refractivity contribution in [1.29, 1.82) is 0 Å². The normalized spacial score (nSPS) is 11.0. The van der Waals surface area contributed by atoms with E-state index in [4.69, 9.17) is 9.47 Å². The minimum atomic E-state index is -0.261. The van der Waals surface area contributed by atoms with E-state index in [0.717, 1.165) is 44.5 Å². The lowest BCUT2D eigenvalue weighted by atomic mass is 10.1. The molecule has 4 nitrogen and oxygen atoms in total. The number of benzene rings is 2. The zero-order valence-corrected chi connectivity index (χ0v) is 16.1. The molecule has 3 aromatic rings. The van der Waals surface area contributed by atoms with E-state index in [9.17, 15) is 9.59 Å². The molecule has 0 unspecified atom stereocenters. The third-order valence-electron chi connectivity index (χ3n) is 4.48. The predicted molar refractivity (Wildman–Crippen MR) is 110 cm³/mol. The molecule has 0 bridgehead atoms. The van der Waals surface area contributed by atoms with Crippen molar-refractivity contribution in [3.63, 3.8) is 0 Å². The molecular weight excluding hydrogens is 347 g/mol. The van der Waals surface area contributed by atoms with Gasteiger partial charge in [0.25, 0.3) is 0 Å². The Bertz CT molecular complexity index is 1030. The van der Waals surface area contributed by atoms with E-state index in [1.165, 1.54) is 7.85 Å². The zero-order chi connectivity index (χ0) is 18.7. The number of carbonyl (C=O) groups excluding carboxylic acids is 1. The molecule has 0 aliphatic heterocycles. The summed E-state index contributed by atoms with van der Waals surface area (Å²) in [4.78, 5) is 23.6. The van der Waals surface area contributed by atoms with Crippen molar-refractivity contribution in [1.82, 2.24) is 0 Å². The molecule has 0 spiro atoms. The van der Waals surface area contributed by atoms with E-state index in [-0.39, 0.29) is 11.3 Å². The summed E-state index contributed by atoms with van der Waals surface area (Å²) >= 11 is 1.65. The smallest absolute Gasteiger partial charge is 0.243 e. The summed E-state index contributed by atoms with van der Waals surface area (Å²) in [5, 5.41) is 1.47. The molecule has 0 fully saturated rings. The van der Waals surface area contributed by atoms with E-state index in [1.807, 2.05) is 44.2 Å². The highest BCUT2D eigenvalue weighted by atomic mass is 32.1. The molecule has 26 heavy (non-hydrogen) atoms. The van der Waals surface area contributed by atoms with Crippen molar-refractivity contribution >= 4 is 45.2 Å². The molecule has 0 aliphatic carbocycles. The Balaban J connectivity index is 1.86. The van der Waals surface area contributed by atoms with Gasteiger partial charge in [-0.1, -0.05) is 12.1 Å². The Morgan fingerprint density at radius 2 is 1.81 bits per heavy atom. The highest BCUT2D eigenvalue weighted by Crippen LogP contribution is 2.33. The molecule has 0 aliphatic rings. The molecule has 0 amide bonds. The number of carbonyl (C=O) groups is 1. The lowest BCUT2D eigenvalue weighted by Gasteiger charge is -2.14. The number of hydrogen-bond acceptors (Lipinski definition) is 5. The molecule has 3 rings (SSSR count). The molecule has 2 aromatic carbocycles. The van der Waals surface area contributed by atoms with Crippen molar-refractivity contribution in [2.45, 2.75) is 26.7 Å². The standard InChI is InChI=1S/C20H21BO4S/c1-12-13(2)19-15(18(22)14-7-3-4-8-17(14)26-19)11-16(12)24-9-5-6-10-25-20(21)23/h3-4,7-8,11H,5-6,9-10,21H2,1-2H3. The first-order chi connectivity index (χ1) is 12.5. The molecule has 1 heterocycles. The summed E-state index contributed by atoms with van der Waals surface area (Å²) in [7, 11) is 1.41. The Hall–Kier alpha value is -2.34. The maximum Gasteiger partial charge on any atom is 0.243 e. The SMILES string of the molecule is BC(=O)OCCCCOc1cc2c(=O)c3ccccc3sc2c(C)c1C. The van der Waals surface area contributed by atoms with Gasteiger partial charge in [0.05, 0.1) is 13.2 Å². The van der Waals surface area contributed by atoms with Gasteiger partial charge in [0.2, 0.25) is 13.7 Å². The number of aryl methyl sites for hydroxylation is 1. The van der Waals surface area contributed by atoms with E-state index < -0.39 is 0 Å². The van der Waals surface area contributed by atoms with Crippen LogP contribution >= 0.6 is 11.3 Å². The number of hydrogen-bond donors (Lipinski definition) is 0. The van der Waals surface area contributed by atoms with Crippen molar-refractivity contribution < 1.29 is 14.3 Å². The van der Waals surface area contributed by atoms with Gasteiger partial charge in [-0.15, -0.1) is 11.3 Å². The van der Waals surface area contributed by atoms with Gasteiger partial charge in [0, 0.05) is 20.2 Å². The van der Waals surface area contributed by atoms with E-state index in [2.05, 4.69) is 0 Å². The van der Waals surface area contributed by atoms with Gasteiger partial charge in [-0.05, 0) is 56.0 Å². The van der Waals surface area contributed by atoms with Gasteiger partial charge in [-0.2, -0.15) is 0 Å². The lowest BCUT2D eigenvalue weighted by molar-refractivity contribution is 0.167. The van der Waals surface area contributed by atoms with Gasteiger partial charge in [0.15, 0.2) is 5.43 Å².